The van der Waals surface area contributed by atoms with Gasteiger partial charge in [0.15, 0.2) is 0 Å². The van der Waals surface area contributed by atoms with Crippen molar-refractivity contribution < 1.29 is 22.7 Å². The van der Waals surface area contributed by atoms with Crippen molar-refractivity contribution in [1.29, 1.82) is 0 Å². The Morgan fingerprint density at radius 3 is 2.16 bits per heavy atom. The number of para-hydroxylation sites is 1. The Morgan fingerprint density at radius 1 is 0.906 bits per heavy atom. The Balaban J connectivity index is 1.84. The standard InChI is InChI=1S/C22H18IN3O5S/c23-18-8-4-5-9-20(18)31-17-12-10-15(11-13-17)14-19(22(28)26-32(24,29)30)25-21(27)16-6-2-1-3-7-16/h1-14H,(H,25,27)(H,26,28)(H2,24,29,30)/b19-14+. The van der Waals surface area contributed by atoms with E-state index in [1.165, 1.54) is 6.08 Å². The number of hydrogen-bond donors (Lipinski definition) is 3. The maximum atomic E-state index is 12.5. The first kappa shape index (κ1) is 23.4. The summed E-state index contributed by atoms with van der Waals surface area (Å²) in [7, 11) is -4.32. The molecular weight excluding hydrogens is 545 g/mol. The van der Waals surface area contributed by atoms with Crippen molar-refractivity contribution in [3.8, 4) is 11.5 Å². The molecule has 3 aromatic rings. The number of ether oxygens (including phenoxy) is 1. The van der Waals surface area contributed by atoms with E-state index in [9.17, 15) is 18.0 Å². The van der Waals surface area contributed by atoms with E-state index in [1.54, 1.807) is 59.3 Å². The lowest BCUT2D eigenvalue weighted by molar-refractivity contribution is -0.116. The number of carbonyl (C=O) groups is 2. The highest BCUT2D eigenvalue weighted by Crippen LogP contribution is 2.26. The topological polar surface area (TPSA) is 128 Å². The highest BCUT2D eigenvalue weighted by molar-refractivity contribution is 14.1. The van der Waals surface area contributed by atoms with Crippen LogP contribution >= 0.6 is 22.6 Å². The Labute approximate surface area is 198 Å². The van der Waals surface area contributed by atoms with Gasteiger partial charge in [-0.2, -0.15) is 8.42 Å². The van der Waals surface area contributed by atoms with Crippen molar-refractivity contribution in [2.24, 2.45) is 5.14 Å². The third kappa shape index (κ3) is 6.90. The van der Waals surface area contributed by atoms with Gasteiger partial charge in [-0.1, -0.05) is 42.5 Å². The van der Waals surface area contributed by atoms with Crippen LogP contribution in [0.3, 0.4) is 0 Å². The summed E-state index contributed by atoms with van der Waals surface area (Å²) < 4.78 is 31.0. The Kier molecular flexibility index (Phi) is 7.62. The number of amides is 2. The smallest absolute Gasteiger partial charge is 0.299 e. The van der Waals surface area contributed by atoms with Crippen molar-refractivity contribution in [2.45, 2.75) is 0 Å². The van der Waals surface area contributed by atoms with Gasteiger partial charge in [0.1, 0.15) is 17.2 Å². The van der Waals surface area contributed by atoms with Gasteiger partial charge in [-0.25, -0.2) is 9.86 Å². The average molecular weight is 563 g/mol. The number of halogens is 1. The zero-order chi connectivity index (χ0) is 23.1. The van der Waals surface area contributed by atoms with Gasteiger partial charge in [0.05, 0.1) is 3.57 Å². The SMILES string of the molecule is NS(=O)(=O)NC(=O)/C(=C\c1ccc(Oc2ccccc2I)cc1)NC(=O)c1ccccc1. The number of rotatable bonds is 7. The van der Waals surface area contributed by atoms with E-state index in [2.05, 4.69) is 27.9 Å². The molecule has 0 saturated carbocycles. The van der Waals surface area contributed by atoms with Crippen molar-refractivity contribution >= 4 is 50.7 Å². The van der Waals surface area contributed by atoms with Gasteiger partial charge >= 0.3 is 0 Å². The molecule has 0 aliphatic heterocycles. The highest BCUT2D eigenvalue weighted by Gasteiger charge is 2.18. The Hall–Kier alpha value is -3.22. The zero-order valence-electron chi connectivity index (χ0n) is 16.5. The lowest BCUT2D eigenvalue weighted by Crippen LogP contribution is -2.41. The molecule has 0 spiro atoms. The lowest BCUT2D eigenvalue weighted by atomic mass is 10.1. The number of nitrogens with two attached hydrogens (primary N) is 1. The van der Waals surface area contributed by atoms with E-state index in [1.807, 2.05) is 24.3 Å². The van der Waals surface area contributed by atoms with Crippen LogP contribution in [0.1, 0.15) is 15.9 Å². The summed E-state index contributed by atoms with van der Waals surface area (Å²) in [4.78, 5) is 24.9. The minimum absolute atomic E-state index is 0.292. The summed E-state index contributed by atoms with van der Waals surface area (Å²) in [6.07, 6.45) is 1.33. The van der Waals surface area contributed by atoms with Crippen LogP contribution in [0.5, 0.6) is 11.5 Å². The van der Waals surface area contributed by atoms with Crippen LogP contribution in [-0.2, 0) is 15.0 Å². The van der Waals surface area contributed by atoms with Crippen LogP contribution in [0.15, 0.2) is 84.6 Å². The molecule has 0 fully saturated rings. The molecule has 0 unspecified atom stereocenters. The third-order valence-electron chi connectivity index (χ3n) is 4.02. The first-order valence-corrected chi connectivity index (χ1v) is 11.8. The van der Waals surface area contributed by atoms with Gasteiger partial charge in [-0.15, -0.1) is 0 Å². The van der Waals surface area contributed by atoms with E-state index >= 15 is 0 Å². The van der Waals surface area contributed by atoms with Crippen molar-refractivity contribution in [3.05, 3.63) is 99.3 Å². The summed E-state index contributed by atoms with van der Waals surface area (Å²) in [5.74, 6) is -0.397. The first-order valence-electron chi connectivity index (χ1n) is 9.17. The fraction of sp³-hybridized carbons (Fsp3) is 0. The minimum Gasteiger partial charge on any atom is -0.456 e. The van der Waals surface area contributed by atoms with Crippen LogP contribution in [0.25, 0.3) is 6.08 Å². The van der Waals surface area contributed by atoms with E-state index in [0.717, 1.165) is 3.57 Å². The zero-order valence-corrected chi connectivity index (χ0v) is 19.5. The molecule has 0 saturated heterocycles. The maximum Gasteiger partial charge on any atom is 0.299 e. The minimum atomic E-state index is -4.32. The normalized spacial score (nSPS) is 11.5. The molecule has 0 bridgehead atoms. The first-order chi connectivity index (χ1) is 15.2. The molecule has 3 rings (SSSR count). The van der Waals surface area contributed by atoms with E-state index in [4.69, 9.17) is 9.88 Å². The molecule has 8 nitrogen and oxygen atoms in total. The van der Waals surface area contributed by atoms with Crippen LogP contribution in [0, 0.1) is 3.57 Å². The Morgan fingerprint density at radius 2 is 1.53 bits per heavy atom. The van der Waals surface area contributed by atoms with Crippen molar-refractivity contribution in [1.82, 2.24) is 10.0 Å². The molecule has 0 heterocycles. The number of nitrogens with one attached hydrogen (secondary N) is 2. The number of benzene rings is 3. The largest absolute Gasteiger partial charge is 0.456 e. The molecule has 0 radical (unpaired) electrons. The number of carbonyl (C=O) groups excluding carboxylic acids is 2. The quantitative estimate of drug-likeness (QED) is 0.301. The summed E-state index contributed by atoms with van der Waals surface area (Å²) in [5, 5.41) is 7.32. The molecule has 3 aromatic carbocycles. The number of hydrogen-bond acceptors (Lipinski definition) is 5. The van der Waals surface area contributed by atoms with E-state index in [-0.39, 0.29) is 5.70 Å². The fourth-order valence-electron chi connectivity index (χ4n) is 2.58. The Bertz CT molecular complexity index is 1260. The average Bonchev–Trinajstić information content (AvgIpc) is 2.75. The van der Waals surface area contributed by atoms with E-state index < -0.39 is 22.0 Å². The van der Waals surface area contributed by atoms with Gasteiger partial charge in [0.2, 0.25) is 0 Å². The van der Waals surface area contributed by atoms with Crippen LogP contribution in [0.2, 0.25) is 0 Å². The van der Waals surface area contributed by atoms with Gasteiger partial charge in [-0.3, -0.25) is 9.59 Å². The summed E-state index contributed by atoms with van der Waals surface area (Å²) >= 11 is 2.16. The summed E-state index contributed by atoms with van der Waals surface area (Å²) in [6.45, 7) is 0. The fourth-order valence-corrected chi connectivity index (χ4v) is 3.45. The molecule has 0 aromatic heterocycles. The van der Waals surface area contributed by atoms with E-state index in [0.29, 0.717) is 22.6 Å². The second-order valence-electron chi connectivity index (χ2n) is 6.46. The van der Waals surface area contributed by atoms with Gasteiger partial charge in [0.25, 0.3) is 22.0 Å². The molecule has 10 heteroatoms. The van der Waals surface area contributed by atoms with Gasteiger partial charge in [0, 0.05) is 5.56 Å². The second kappa shape index (κ2) is 10.4. The summed E-state index contributed by atoms with van der Waals surface area (Å²) in [5.41, 5.74) is 0.523. The highest BCUT2D eigenvalue weighted by atomic mass is 127. The predicted octanol–water partition coefficient (Wildman–Crippen LogP) is 3.17. The molecule has 164 valence electrons. The molecule has 32 heavy (non-hydrogen) atoms. The maximum absolute atomic E-state index is 12.5. The molecule has 0 atom stereocenters. The molecule has 4 N–H and O–H groups in total. The molecule has 0 aliphatic carbocycles. The van der Waals surface area contributed by atoms with Gasteiger partial charge in [-0.05, 0) is 70.6 Å². The second-order valence-corrected chi connectivity index (χ2v) is 8.91. The van der Waals surface area contributed by atoms with Crippen LogP contribution in [-0.4, -0.2) is 20.2 Å². The molecule has 0 aliphatic rings. The lowest BCUT2D eigenvalue weighted by Gasteiger charge is -2.11. The van der Waals surface area contributed by atoms with Gasteiger partial charge < -0.3 is 10.1 Å². The molecule has 2 amide bonds. The van der Waals surface area contributed by atoms with Crippen LogP contribution < -0.4 is 19.9 Å². The molecular formula is C22H18IN3O5S. The predicted molar refractivity (Wildman–Crippen MR) is 129 cm³/mol. The summed E-state index contributed by atoms with van der Waals surface area (Å²) in [6, 6.07) is 22.4. The van der Waals surface area contributed by atoms with Crippen molar-refractivity contribution in [2.75, 3.05) is 0 Å². The van der Waals surface area contributed by atoms with Crippen molar-refractivity contribution in [3.63, 3.8) is 0 Å². The monoisotopic (exact) mass is 563 g/mol. The van der Waals surface area contributed by atoms with Crippen LogP contribution in [0.4, 0.5) is 0 Å². The third-order valence-corrected chi connectivity index (χ3v) is 5.38.